The van der Waals surface area contributed by atoms with Crippen LogP contribution in [0.4, 0.5) is 0 Å². The molecule has 0 aliphatic carbocycles. The predicted molar refractivity (Wildman–Crippen MR) is 96.6 cm³/mol. The molecule has 1 atom stereocenters. The van der Waals surface area contributed by atoms with Gasteiger partial charge in [-0.05, 0) is 24.0 Å². The van der Waals surface area contributed by atoms with Crippen LogP contribution in [0.3, 0.4) is 0 Å². The molecule has 0 amide bonds. The molecule has 3 nitrogen and oxygen atoms in total. The van der Waals surface area contributed by atoms with Gasteiger partial charge in [0.2, 0.25) is 0 Å². The quantitative estimate of drug-likeness (QED) is 0.755. The van der Waals surface area contributed by atoms with Crippen LogP contribution in [0.1, 0.15) is 24.0 Å². The second-order valence-corrected chi connectivity index (χ2v) is 5.13. The zero-order valence-electron chi connectivity index (χ0n) is 12.4. The van der Waals surface area contributed by atoms with E-state index in [0.717, 1.165) is 11.1 Å². The molecule has 0 aliphatic heterocycles. The van der Waals surface area contributed by atoms with Crippen LogP contribution in [0.15, 0.2) is 60.7 Å². The maximum Gasteiger partial charge on any atom is 0.115 e. The molecule has 2 aromatic rings. The molecule has 0 aromatic heterocycles. The third-order valence-corrected chi connectivity index (χ3v) is 3.68. The second kappa shape index (κ2) is 9.82. The topological polar surface area (TPSA) is 72.3 Å². The molecule has 5 N–H and O–H groups in total. The van der Waals surface area contributed by atoms with Crippen molar-refractivity contribution in [1.29, 1.82) is 0 Å². The first-order valence-electron chi connectivity index (χ1n) is 6.96. The van der Waals surface area contributed by atoms with Crippen molar-refractivity contribution < 1.29 is 5.11 Å². The fourth-order valence-electron chi connectivity index (χ4n) is 2.40. The minimum absolute atomic E-state index is 0. The average molecular weight is 343 g/mol. The number of halogens is 2. The normalized spacial score (nSPS) is 12.0. The standard InChI is InChI=1S/C17H22N2O.2ClH/c18-13-16(19)11-12-17(20,14-7-3-1-4-8-14)15-9-5-2-6-10-15;;/h1-10,16,20H,11-13,18-19H2;2*1H. The Morgan fingerprint density at radius 3 is 1.64 bits per heavy atom. The van der Waals surface area contributed by atoms with Crippen LogP contribution in [-0.2, 0) is 5.60 Å². The van der Waals surface area contributed by atoms with Gasteiger partial charge in [0.15, 0.2) is 0 Å². The Kier molecular flexibility index (Phi) is 9.33. The average Bonchev–Trinajstić information content (AvgIpc) is 2.54. The van der Waals surface area contributed by atoms with Gasteiger partial charge < -0.3 is 16.6 Å². The van der Waals surface area contributed by atoms with E-state index in [1.54, 1.807) is 0 Å². The Balaban J connectivity index is 0.00000220. The van der Waals surface area contributed by atoms with E-state index < -0.39 is 5.60 Å². The highest BCUT2D eigenvalue weighted by atomic mass is 35.5. The van der Waals surface area contributed by atoms with Gasteiger partial charge in [-0.1, -0.05) is 60.7 Å². The van der Waals surface area contributed by atoms with Gasteiger partial charge >= 0.3 is 0 Å². The highest BCUT2D eigenvalue weighted by molar-refractivity contribution is 5.85. The summed E-state index contributed by atoms with van der Waals surface area (Å²) in [6, 6.07) is 19.3. The number of aliphatic hydroxyl groups is 1. The molecule has 0 aliphatic rings. The van der Waals surface area contributed by atoms with Crippen LogP contribution >= 0.6 is 24.8 Å². The maximum atomic E-state index is 11.2. The van der Waals surface area contributed by atoms with Gasteiger partial charge in [0, 0.05) is 12.6 Å². The summed E-state index contributed by atoms with van der Waals surface area (Å²) in [5, 5.41) is 11.2. The molecule has 5 heteroatoms. The molecule has 0 spiro atoms. The lowest BCUT2D eigenvalue weighted by Crippen LogP contribution is -2.34. The van der Waals surface area contributed by atoms with Gasteiger partial charge in [0.05, 0.1) is 0 Å². The monoisotopic (exact) mass is 342 g/mol. The van der Waals surface area contributed by atoms with Gasteiger partial charge in [-0.2, -0.15) is 0 Å². The molecule has 0 saturated carbocycles. The van der Waals surface area contributed by atoms with Gasteiger partial charge in [-0.3, -0.25) is 0 Å². The molecule has 0 fully saturated rings. The number of hydrogen-bond donors (Lipinski definition) is 3. The van der Waals surface area contributed by atoms with Crippen LogP contribution in [0, 0.1) is 0 Å². The molecule has 2 rings (SSSR count). The molecule has 2 aromatic carbocycles. The zero-order valence-corrected chi connectivity index (χ0v) is 14.0. The molecular formula is C17H24Cl2N2O. The van der Waals surface area contributed by atoms with Crippen LogP contribution in [0.5, 0.6) is 0 Å². The van der Waals surface area contributed by atoms with Crippen molar-refractivity contribution >= 4 is 24.8 Å². The zero-order chi connectivity index (χ0) is 14.4. The smallest absolute Gasteiger partial charge is 0.115 e. The summed E-state index contributed by atoms with van der Waals surface area (Å²) in [5.41, 5.74) is 12.2. The molecule has 122 valence electrons. The SMILES string of the molecule is Cl.Cl.NCC(N)CCC(O)(c1ccccc1)c1ccccc1. The highest BCUT2D eigenvalue weighted by Gasteiger charge is 2.31. The van der Waals surface area contributed by atoms with E-state index in [2.05, 4.69) is 0 Å². The van der Waals surface area contributed by atoms with Crippen molar-refractivity contribution in [2.45, 2.75) is 24.5 Å². The van der Waals surface area contributed by atoms with Gasteiger partial charge in [0.25, 0.3) is 0 Å². The summed E-state index contributed by atoms with van der Waals surface area (Å²) in [5.74, 6) is 0. The van der Waals surface area contributed by atoms with Crippen molar-refractivity contribution in [3.63, 3.8) is 0 Å². The summed E-state index contributed by atoms with van der Waals surface area (Å²) in [6.45, 7) is 0.430. The van der Waals surface area contributed by atoms with E-state index in [-0.39, 0.29) is 30.9 Å². The first-order chi connectivity index (χ1) is 9.66. The Morgan fingerprint density at radius 2 is 1.27 bits per heavy atom. The van der Waals surface area contributed by atoms with Crippen LogP contribution in [0.2, 0.25) is 0 Å². The van der Waals surface area contributed by atoms with Gasteiger partial charge in [-0.25, -0.2) is 0 Å². The molecular weight excluding hydrogens is 319 g/mol. The molecule has 0 bridgehead atoms. The Morgan fingerprint density at radius 1 is 0.864 bits per heavy atom. The first-order valence-corrected chi connectivity index (χ1v) is 6.96. The van der Waals surface area contributed by atoms with Crippen molar-refractivity contribution in [2.24, 2.45) is 11.5 Å². The maximum absolute atomic E-state index is 11.2. The Hall–Kier alpha value is -1.10. The minimum atomic E-state index is -1.02. The van der Waals surface area contributed by atoms with Gasteiger partial charge in [-0.15, -0.1) is 24.8 Å². The predicted octanol–water partition coefficient (Wildman–Crippen LogP) is 2.83. The summed E-state index contributed by atoms with van der Waals surface area (Å²) < 4.78 is 0. The minimum Gasteiger partial charge on any atom is -0.380 e. The van der Waals surface area contributed by atoms with Gasteiger partial charge in [0.1, 0.15) is 5.60 Å². The molecule has 0 heterocycles. The van der Waals surface area contributed by atoms with E-state index in [9.17, 15) is 5.11 Å². The van der Waals surface area contributed by atoms with E-state index in [0.29, 0.717) is 19.4 Å². The summed E-state index contributed by atoms with van der Waals surface area (Å²) in [6.07, 6.45) is 1.23. The Bertz CT molecular complexity index is 483. The highest BCUT2D eigenvalue weighted by Crippen LogP contribution is 2.34. The van der Waals surface area contributed by atoms with Crippen molar-refractivity contribution in [2.75, 3.05) is 6.54 Å². The van der Waals surface area contributed by atoms with Crippen LogP contribution < -0.4 is 11.5 Å². The summed E-state index contributed by atoms with van der Waals surface area (Å²) in [7, 11) is 0. The number of rotatable bonds is 6. The molecule has 22 heavy (non-hydrogen) atoms. The van der Waals surface area contributed by atoms with Crippen LogP contribution in [-0.4, -0.2) is 17.7 Å². The van der Waals surface area contributed by atoms with Crippen molar-refractivity contribution in [3.05, 3.63) is 71.8 Å². The van der Waals surface area contributed by atoms with E-state index in [4.69, 9.17) is 11.5 Å². The lowest BCUT2D eigenvalue weighted by atomic mass is 9.82. The van der Waals surface area contributed by atoms with E-state index in [1.165, 1.54) is 0 Å². The second-order valence-electron chi connectivity index (χ2n) is 5.13. The first kappa shape index (κ1) is 20.9. The number of nitrogens with two attached hydrogens (primary N) is 2. The molecule has 1 unspecified atom stereocenters. The van der Waals surface area contributed by atoms with E-state index in [1.807, 2.05) is 60.7 Å². The fourth-order valence-corrected chi connectivity index (χ4v) is 2.40. The van der Waals surface area contributed by atoms with Crippen LogP contribution in [0.25, 0.3) is 0 Å². The lowest BCUT2D eigenvalue weighted by Gasteiger charge is -2.30. The molecule has 0 radical (unpaired) electrons. The summed E-state index contributed by atoms with van der Waals surface area (Å²) >= 11 is 0. The molecule has 0 saturated heterocycles. The van der Waals surface area contributed by atoms with E-state index >= 15 is 0 Å². The third kappa shape index (κ3) is 4.97. The Labute approximate surface area is 144 Å². The largest absolute Gasteiger partial charge is 0.380 e. The van der Waals surface area contributed by atoms with Crippen molar-refractivity contribution in [3.8, 4) is 0 Å². The third-order valence-electron chi connectivity index (χ3n) is 3.68. The summed E-state index contributed by atoms with van der Waals surface area (Å²) in [4.78, 5) is 0. The number of benzene rings is 2. The van der Waals surface area contributed by atoms with Crippen molar-refractivity contribution in [1.82, 2.24) is 0 Å². The fraction of sp³-hybridized carbons (Fsp3) is 0.294. The number of hydrogen-bond acceptors (Lipinski definition) is 3. The lowest BCUT2D eigenvalue weighted by molar-refractivity contribution is 0.0668.